The van der Waals surface area contributed by atoms with Gasteiger partial charge >= 0.3 is 0 Å². The summed E-state index contributed by atoms with van der Waals surface area (Å²) in [5.74, 6) is 0. The first-order chi connectivity index (χ1) is 7.08. The zero-order chi connectivity index (χ0) is 11.0. The van der Waals surface area contributed by atoms with E-state index >= 15 is 0 Å². The Kier molecular flexibility index (Phi) is 2.40. The lowest BCUT2D eigenvalue weighted by Gasteiger charge is -2.05. The number of nitrogens with two attached hydrogens (primary N) is 1. The summed E-state index contributed by atoms with van der Waals surface area (Å²) in [6.45, 7) is 3.96. The standard InChI is InChI=1S/C11H12ClN3/c1-7-5-8(2)15(14-7)9-3-4-11(13)10(12)6-9/h3-6H,13H2,1-2H3. The van der Waals surface area contributed by atoms with Crippen molar-refractivity contribution < 1.29 is 0 Å². The number of hydrogen-bond donors (Lipinski definition) is 1. The summed E-state index contributed by atoms with van der Waals surface area (Å²) < 4.78 is 1.85. The van der Waals surface area contributed by atoms with Crippen molar-refractivity contribution in [1.82, 2.24) is 9.78 Å². The van der Waals surface area contributed by atoms with Gasteiger partial charge in [0, 0.05) is 5.69 Å². The fourth-order valence-corrected chi connectivity index (χ4v) is 1.71. The van der Waals surface area contributed by atoms with Crippen LogP contribution in [0, 0.1) is 13.8 Å². The number of aryl methyl sites for hydroxylation is 2. The van der Waals surface area contributed by atoms with Crippen LogP contribution in [0.5, 0.6) is 0 Å². The van der Waals surface area contributed by atoms with Gasteiger partial charge in [-0.25, -0.2) is 4.68 Å². The smallest absolute Gasteiger partial charge is 0.0665 e. The van der Waals surface area contributed by atoms with Crippen molar-refractivity contribution in [2.24, 2.45) is 0 Å². The molecule has 0 bridgehead atoms. The predicted molar refractivity (Wildman–Crippen MR) is 62.5 cm³/mol. The van der Waals surface area contributed by atoms with Gasteiger partial charge in [0.15, 0.2) is 0 Å². The number of benzene rings is 1. The van der Waals surface area contributed by atoms with Crippen LogP contribution in [0.25, 0.3) is 5.69 Å². The van der Waals surface area contributed by atoms with Gasteiger partial charge in [0.1, 0.15) is 0 Å². The van der Waals surface area contributed by atoms with Gasteiger partial charge in [0.25, 0.3) is 0 Å². The molecule has 1 aromatic heterocycles. The SMILES string of the molecule is Cc1cc(C)n(-c2ccc(N)c(Cl)c2)n1. The molecule has 0 saturated carbocycles. The lowest BCUT2D eigenvalue weighted by atomic mass is 10.3. The summed E-state index contributed by atoms with van der Waals surface area (Å²) in [6, 6.07) is 7.52. The molecule has 0 saturated heterocycles. The third-order valence-electron chi connectivity index (χ3n) is 2.24. The topological polar surface area (TPSA) is 43.8 Å². The molecule has 2 rings (SSSR count). The average Bonchev–Trinajstić information content (AvgIpc) is 2.50. The van der Waals surface area contributed by atoms with Gasteiger partial charge in [-0.3, -0.25) is 0 Å². The fraction of sp³-hybridized carbons (Fsp3) is 0.182. The lowest BCUT2D eigenvalue weighted by Crippen LogP contribution is -1.99. The van der Waals surface area contributed by atoms with Gasteiger partial charge in [-0.05, 0) is 38.1 Å². The van der Waals surface area contributed by atoms with Crippen LogP contribution in [0.2, 0.25) is 5.02 Å². The van der Waals surface area contributed by atoms with Crippen molar-refractivity contribution in [2.45, 2.75) is 13.8 Å². The van der Waals surface area contributed by atoms with Gasteiger partial charge in [0.05, 0.1) is 22.1 Å². The van der Waals surface area contributed by atoms with E-state index in [1.165, 1.54) is 0 Å². The molecule has 2 aromatic rings. The Morgan fingerprint density at radius 2 is 2.00 bits per heavy atom. The molecule has 0 amide bonds. The number of rotatable bonds is 1. The van der Waals surface area contributed by atoms with E-state index < -0.39 is 0 Å². The highest BCUT2D eigenvalue weighted by Crippen LogP contribution is 2.22. The third kappa shape index (κ3) is 1.83. The van der Waals surface area contributed by atoms with E-state index in [0.717, 1.165) is 17.1 Å². The van der Waals surface area contributed by atoms with Crippen molar-refractivity contribution in [1.29, 1.82) is 0 Å². The summed E-state index contributed by atoms with van der Waals surface area (Å²) in [5, 5.41) is 4.92. The second-order valence-electron chi connectivity index (χ2n) is 3.54. The largest absolute Gasteiger partial charge is 0.398 e. The monoisotopic (exact) mass is 221 g/mol. The number of hydrogen-bond acceptors (Lipinski definition) is 2. The van der Waals surface area contributed by atoms with Crippen molar-refractivity contribution in [3.63, 3.8) is 0 Å². The molecule has 78 valence electrons. The molecule has 1 aromatic carbocycles. The van der Waals surface area contributed by atoms with Crippen molar-refractivity contribution in [3.8, 4) is 5.69 Å². The zero-order valence-corrected chi connectivity index (χ0v) is 9.42. The molecule has 0 fully saturated rings. The molecule has 2 N–H and O–H groups in total. The van der Waals surface area contributed by atoms with Crippen LogP contribution in [0.3, 0.4) is 0 Å². The Morgan fingerprint density at radius 1 is 1.27 bits per heavy atom. The average molecular weight is 222 g/mol. The van der Waals surface area contributed by atoms with Crippen LogP contribution < -0.4 is 5.73 Å². The highest BCUT2D eigenvalue weighted by atomic mass is 35.5. The van der Waals surface area contributed by atoms with Crippen LogP contribution in [0.15, 0.2) is 24.3 Å². The van der Waals surface area contributed by atoms with Gasteiger partial charge < -0.3 is 5.73 Å². The number of nitrogen functional groups attached to an aromatic ring is 1. The number of halogens is 1. The quantitative estimate of drug-likeness (QED) is 0.753. The Labute approximate surface area is 93.5 Å². The molecule has 0 radical (unpaired) electrons. The maximum absolute atomic E-state index is 5.96. The van der Waals surface area contributed by atoms with Gasteiger partial charge in [-0.15, -0.1) is 0 Å². The van der Waals surface area contributed by atoms with E-state index in [9.17, 15) is 0 Å². The number of aromatic nitrogens is 2. The summed E-state index contributed by atoms with van der Waals surface area (Å²) in [6.07, 6.45) is 0. The normalized spacial score (nSPS) is 10.6. The zero-order valence-electron chi connectivity index (χ0n) is 8.66. The highest BCUT2D eigenvalue weighted by Gasteiger charge is 2.05. The molecule has 0 aliphatic rings. The van der Waals surface area contributed by atoms with Crippen LogP contribution >= 0.6 is 11.6 Å². The molecule has 0 atom stereocenters. The highest BCUT2D eigenvalue weighted by molar-refractivity contribution is 6.33. The van der Waals surface area contributed by atoms with E-state index in [1.807, 2.05) is 36.7 Å². The maximum Gasteiger partial charge on any atom is 0.0665 e. The molecule has 15 heavy (non-hydrogen) atoms. The first-order valence-corrected chi connectivity index (χ1v) is 5.04. The Balaban J connectivity index is 2.54. The van der Waals surface area contributed by atoms with E-state index in [-0.39, 0.29) is 0 Å². The molecule has 0 aliphatic carbocycles. The van der Waals surface area contributed by atoms with Crippen LogP contribution in [0.4, 0.5) is 5.69 Å². The summed E-state index contributed by atoms with van der Waals surface area (Å²) >= 11 is 5.96. The minimum Gasteiger partial charge on any atom is -0.398 e. The minimum absolute atomic E-state index is 0.556. The van der Waals surface area contributed by atoms with Crippen molar-refractivity contribution in [3.05, 3.63) is 40.7 Å². The first kappa shape index (κ1) is 10.1. The lowest BCUT2D eigenvalue weighted by molar-refractivity contribution is 0.834. The van der Waals surface area contributed by atoms with Crippen molar-refractivity contribution in [2.75, 3.05) is 5.73 Å². The van der Waals surface area contributed by atoms with Crippen LogP contribution in [-0.4, -0.2) is 9.78 Å². The van der Waals surface area contributed by atoms with E-state index in [4.69, 9.17) is 17.3 Å². The van der Waals surface area contributed by atoms with Crippen LogP contribution in [-0.2, 0) is 0 Å². The van der Waals surface area contributed by atoms with Crippen LogP contribution in [0.1, 0.15) is 11.4 Å². The van der Waals surface area contributed by atoms with E-state index in [1.54, 1.807) is 6.07 Å². The van der Waals surface area contributed by atoms with Gasteiger partial charge in [-0.1, -0.05) is 11.6 Å². The second-order valence-corrected chi connectivity index (χ2v) is 3.95. The van der Waals surface area contributed by atoms with E-state index in [0.29, 0.717) is 10.7 Å². The molecule has 0 unspecified atom stereocenters. The second kappa shape index (κ2) is 3.59. The third-order valence-corrected chi connectivity index (χ3v) is 2.57. The Hall–Kier alpha value is -1.48. The predicted octanol–water partition coefficient (Wildman–Crippen LogP) is 2.72. The minimum atomic E-state index is 0.556. The summed E-state index contributed by atoms with van der Waals surface area (Å²) in [7, 11) is 0. The molecule has 0 aliphatic heterocycles. The number of anilines is 1. The molecular formula is C11H12ClN3. The summed E-state index contributed by atoms with van der Waals surface area (Å²) in [4.78, 5) is 0. The Bertz CT molecular complexity index is 503. The molecule has 3 nitrogen and oxygen atoms in total. The fourth-order valence-electron chi connectivity index (χ4n) is 1.54. The maximum atomic E-state index is 5.96. The molecular weight excluding hydrogens is 210 g/mol. The van der Waals surface area contributed by atoms with Gasteiger partial charge in [0.2, 0.25) is 0 Å². The molecule has 1 heterocycles. The number of nitrogens with zero attached hydrogens (tertiary/aromatic N) is 2. The molecule has 4 heteroatoms. The van der Waals surface area contributed by atoms with Crippen molar-refractivity contribution >= 4 is 17.3 Å². The Morgan fingerprint density at radius 3 is 2.53 bits per heavy atom. The van der Waals surface area contributed by atoms with Gasteiger partial charge in [-0.2, -0.15) is 5.10 Å². The molecule has 0 spiro atoms. The van der Waals surface area contributed by atoms with E-state index in [2.05, 4.69) is 5.10 Å². The first-order valence-electron chi connectivity index (χ1n) is 4.66. The summed E-state index contributed by atoms with van der Waals surface area (Å²) in [5.41, 5.74) is 9.23.